The molecule has 2 N–H and O–H groups in total. The number of nitrogens with two attached hydrogens (primary N) is 1. The zero-order chi connectivity index (χ0) is 11.0. The molecule has 4 nitrogen and oxygen atoms in total. The minimum atomic E-state index is 0.246. The molecule has 1 aromatic heterocycles. The summed E-state index contributed by atoms with van der Waals surface area (Å²) in [5.74, 6) is 0.246. The van der Waals surface area contributed by atoms with Crippen LogP contribution in [0.25, 0.3) is 11.3 Å². The van der Waals surface area contributed by atoms with E-state index in [0.29, 0.717) is 0 Å². The maximum Gasteiger partial charge on any atom is 0.240 e. The highest BCUT2D eigenvalue weighted by Gasteiger charge is 2.16. The van der Waals surface area contributed by atoms with Gasteiger partial charge in [0.05, 0.1) is 11.4 Å². The van der Waals surface area contributed by atoms with Crippen molar-refractivity contribution in [1.29, 1.82) is 0 Å². The Balaban J connectivity index is 2.28. The molecule has 2 aromatic rings. The average Bonchev–Trinajstić information content (AvgIpc) is 2.48. The average molecular weight is 212 g/mol. The lowest BCUT2D eigenvalue weighted by Gasteiger charge is -2.06. The number of aryl methyl sites for hydroxylation is 2. The van der Waals surface area contributed by atoms with Gasteiger partial charge in [-0.1, -0.05) is 24.3 Å². The van der Waals surface area contributed by atoms with Crippen molar-refractivity contribution in [3.8, 4) is 11.3 Å². The topological polar surface area (TPSA) is 64.7 Å². The van der Waals surface area contributed by atoms with Gasteiger partial charge in [-0.3, -0.25) is 0 Å². The number of anilines is 1. The first-order chi connectivity index (χ1) is 7.84. The van der Waals surface area contributed by atoms with Crippen molar-refractivity contribution in [2.45, 2.75) is 19.3 Å². The molecule has 0 bridgehead atoms. The third kappa shape index (κ3) is 1.43. The lowest BCUT2D eigenvalue weighted by atomic mass is 10.0. The fourth-order valence-corrected chi connectivity index (χ4v) is 2.16. The van der Waals surface area contributed by atoms with E-state index in [1.165, 1.54) is 5.56 Å². The summed E-state index contributed by atoms with van der Waals surface area (Å²) in [5.41, 5.74) is 9.94. The molecule has 0 saturated carbocycles. The monoisotopic (exact) mass is 212 g/mol. The van der Waals surface area contributed by atoms with Gasteiger partial charge in [-0.2, -0.15) is 0 Å². The van der Waals surface area contributed by atoms with Gasteiger partial charge in [0.25, 0.3) is 0 Å². The predicted molar refractivity (Wildman–Crippen MR) is 61.7 cm³/mol. The van der Waals surface area contributed by atoms with E-state index in [-0.39, 0.29) is 5.95 Å². The Kier molecular flexibility index (Phi) is 2.06. The molecule has 0 radical (unpaired) electrons. The summed E-state index contributed by atoms with van der Waals surface area (Å²) in [4.78, 5) is 4.32. The molecule has 0 atom stereocenters. The molecule has 0 amide bonds. The Bertz CT molecular complexity index is 536. The van der Waals surface area contributed by atoms with Crippen LogP contribution in [0.1, 0.15) is 17.7 Å². The molecule has 1 aliphatic rings. The third-order valence-corrected chi connectivity index (χ3v) is 2.91. The number of hydrogen-bond acceptors (Lipinski definition) is 4. The molecule has 0 saturated heterocycles. The minimum Gasteiger partial charge on any atom is -0.366 e. The molecule has 0 unspecified atom stereocenters. The van der Waals surface area contributed by atoms with Gasteiger partial charge in [-0.05, 0) is 24.8 Å². The van der Waals surface area contributed by atoms with Gasteiger partial charge in [0.15, 0.2) is 0 Å². The highest BCUT2D eigenvalue weighted by Crippen LogP contribution is 2.29. The molecular weight excluding hydrogens is 200 g/mol. The van der Waals surface area contributed by atoms with Crippen LogP contribution in [0.15, 0.2) is 24.3 Å². The normalized spacial score (nSPS) is 13.8. The molecular formula is C12H12N4. The van der Waals surface area contributed by atoms with E-state index in [4.69, 9.17) is 5.73 Å². The first-order valence-electron chi connectivity index (χ1n) is 5.42. The molecule has 0 fully saturated rings. The Labute approximate surface area is 93.5 Å². The SMILES string of the molecule is Nc1nnc2c(n1)-c1ccccc1CCC2. The van der Waals surface area contributed by atoms with Crippen LogP contribution in [0.5, 0.6) is 0 Å². The summed E-state index contributed by atoms with van der Waals surface area (Å²) in [5, 5.41) is 7.96. The number of aromatic nitrogens is 3. The molecule has 1 aromatic carbocycles. The quantitative estimate of drug-likeness (QED) is 0.720. The third-order valence-electron chi connectivity index (χ3n) is 2.91. The van der Waals surface area contributed by atoms with E-state index in [9.17, 15) is 0 Å². The Hall–Kier alpha value is -1.97. The van der Waals surface area contributed by atoms with E-state index in [1.54, 1.807) is 0 Å². The van der Waals surface area contributed by atoms with Crippen molar-refractivity contribution in [3.63, 3.8) is 0 Å². The summed E-state index contributed by atoms with van der Waals surface area (Å²) in [6.07, 6.45) is 3.07. The van der Waals surface area contributed by atoms with Crippen LogP contribution >= 0.6 is 0 Å². The van der Waals surface area contributed by atoms with Crippen molar-refractivity contribution >= 4 is 5.95 Å². The zero-order valence-electron chi connectivity index (χ0n) is 8.85. The summed E-state index contributed by atoms with van der Waals surface area (Å²) < 4.78 is 0. The van der Waals surface area contributed by atoms with E-state index < -0.39 is 0 Å². The Morgan fingerprint density at radius 1 is 1.06 bits per heavy atom. The Morgan fingerprint density at radius 3 is 2.88 bits per heavy atom. The molecule has 4 heteroatoms. The first-order valence-corrected chi connectivity index (χ1v) is 5.42. The lowest BCUT2D eigenvalue weighted by Crippen LogP contribution is -2.03. The van der Waals surface area contributed by atoms with Crippen LogP contribution in [0.2, 0.25) is 0 Å². The van der Waals surface area contributed by atoms with Gasteiger partial charge in [-0.15, -0.1) is 10.2 Å². The van der Waals surface area contributed by atoms with Crippen LogP contribution in [0.4, 0.5) is 5.95 Å². The lowest BCUT2D eigenvalue weighted by molar-refractivity contribution is 0.787. The van der Waals surface area contributed by atoms with Crippen molar-refractivity contribution in [1.82, 2.24) is 15.2 Å². The number of rotatable bonds is 0. The van der Waals surface area contributed by atoms with Crippen molar-refractivity contribution in [2.75, 3.05) is 5.73 Å². The maximum atomic E-state index is 5.61. The number of hydrogen-bond donors (Lipinski definition) is 1. The molecule has 0 spiro atoms. The van der Waals surface area contributed by atoms with Crippen LogP contribution < -0.4 is 5.73 Å². The van der Waals surface area contributed by atoms with E-state index in [1.807, 2.05) is 6.07 Å². The highest BCUT2D eigenvalue weighted by atomic mass is 15.2. The van der Waals surface area contributed by atoms with Crippen LogP contribution in [0.3, 0.4) is 0 Å². The predicted octanol–water partition coefficient (Wildman–Crippen LogP) is 1.61. The number of nitrogen functional groups attached to an aromatic ring is 1. The standard InChI is InChI=1S/C12H12N4/c13-12-14-11-9-6-2-1-4-8(9)5-3-7-10(11)15-16-12/h1-2,4,6H,3,5,7H2,(H2,13,14,16). The van der Waals surface area contributed by atoms with Crippen molar-refractivity contribution in [3.05, 3.63) is 35.5 Å². The van der Waals surface area contributed by atoms with Crippen molar-refractivity contribution < 1.29 is 0 Å². The van der Waals surface area contributed by atoms with Crippen LogP contribution in [-0.2, 0) is 12.8 Å². The number of benzene rings is 1. The highest BCUT2D eigenvalue weighted by molar-refractivity contribution is 5.67. The smallest absolute Gasteiger partial charge is 0.240 e. The second kappa shape index (κ2) is 3.56. The second-order valence-corrected chi connectivity index (χ2v) is 3.98. The van der Waals surface area contributed by atoms with Gasteiger partial charge in [0, 0.05) is 5.56 Å². The van der Waals surface area contributed by atoms with Gasteiger partial charge in [-0.25, -0.2) is 4.98 Å². The molecule has 3 rings (SSSR count). The van der Waals surface area contributed by atoms with Crippen molar-refractivity contribution in [2.24, 2.45) is 0 Å². The fraction of sp³-hybridized carbons (Fsp3) is 0.250. The van der Waals surface area contributed by atoms with Gasteiger partial charge in [0.2, 0.25) is 5.95 Å². The fourth-order valence-electron chi connectivity index (χ4n) is 2.16. The summed E-state index contributed by atoms with van der Waals surface area (Å²) in [7, 11) is 0. The first kappa shape index (κ1) is 9.27. The summed E-state index contributed by atoms with van der Waals surface area (Å²) in [6.45, 7) is 0. The van der Waals surface area contributed by atoms with E-state index in [2.05, 4.69) is 33.4 Å². The number of nitrogens with zero attached hydrogens (tertiary/aromatic N) is 3. The van der Waals surface area contributed by atoms with Gasteiger partial charge < -0.3 is 5.73 Å². The van der Waals surface area contributed by atoms with E-state index >= 15 is 0 Å². The second-order valence-electron chi connectivity index (χ2n) is 3.98. The van der Waals surface area contributed by atoms with Gasteiger partial charge >= 0.3 is 0 Å². The van der Waals surface area contributed by atoms with Gasteiger partial charge in [0.1, 0.15) is 0 Å². The minimum absolute atomic E-state index is 0.246. The van der Waals surface area contributed by atoms with Crippen LogP contribution in [0, 0.1) is 0 Å². The van der Waals surface area contributed by atoms with Crippen LogP contribution in [-0.4, -0.2) is 15.2 Å². The molecule has 1 heterocycles. The Morgan fingerprint density at radius 2 is 1.94 bits per heavy atom. The molecule has 0 aliphatic heterocycles. The summed E-state index contributed by atoms with van der Waals surface area (Å²) >= 11 is 0. The zero-order valence-corrected chi connectivity index (χ0v) is 8.85. The summed E-state index contributed by atoms with van der Waals surface area (Å²) in [6, 6.07) is 8.30. The number of fused-ring (bicyclic) bond motifs is 3. The largest absolute Gasteiger partial charge is 0.366 e. The molecule has 16 heavy (non-hydrogen) atoms. The maximum absolute atomic E-state index is 5.61. The molecule has 80 valence electrons. The van der Waals surface area contributed by atoms with E-state index in [0.717, 1.165) is 36.2 Å². The molecule has 1 aliphatic carbocycles.